The number of amides is 1. The molecule has 1 amide bonds. The highest BCUT2D eigenvalue weighted by Gasteiger charge is 2.30. The quantitative estimate of drug-likeness (QED) is 0.736. The number of likely N-dealkylation sites (N-methyl/N-ethyl adjacent to an activating group) is 1. The van der Waals surface area contributed by atoms with Crippen LogP contribution in [0.3, 0.4) is 0 Å². The minimum atomic E-state index is -3.76. The molecule has 0 radical (unpaired) electrons. The predicted molar refractivity (Wildman–Crippen MR) is 120 cm³/mol. The van der Waals surface area contributed by atoms with Crippen LogP contribution in [-0.2, 0) is 10.0 Å². The second kappa shape index (κ2) is 9.28. The second-order valence-electron chi connectivity index (χ2n) is 7.98. The van der Waals surface area contributed by atoms with Gasteiger partial charge in [-0.05, 0) is 67.8 Å². The smallest absolute Gasteiger partial charge is 0.264 e. The molecule has 1 aliphatic rings. The van der Waals surface area contributed by atoms with Gasteiger partial charge in [0.15, 0.2) is 0 Å². The number of aryl methyl sites for hydroxylation is 1. The number of hydrogen-bond acceptors (Lipinski definition) is 5. The van der Waals surface area contributed by atoms with E-state index in [9.17, 15) is 18.3 Å². The number of hydrogen-bond donors (Lipinski definition) is 1. The fourth-order valence-electron chi connectivity index (χ4n) is 4.07. The van der Waals surface area contributed by atoms with Crippen molar-refractivity contribution in [3.05, 3.63) is 53.6 Å². The van der Waals surface area contributed by atoms with Gasteiger partial charge >= 0.3 is 0 Å². The van der Waals surface area contributed by atoms with Crippen LogP contribution in [-0.4, -0.2) is 57.7 Å². The first-order valence-electron chi connectivity index (χ1n) is 10.4. The molecule has 168 valence electrons. The van der Waals surface area contributed by atoms with E-state index in [0.717, 1.165) is 19.3 Å². The molecule has 0 heterocycles. The molecular formula is C23H30N2O5S. The fourth-order valence-corrected chi connectivity index (χ4v) is 5.33. The number of benzene rings is 2. The Morgan fingerprint density at radius 1 is 1.06 bits per heavy atom. The summed E-state index contributed by atoms with van der Waals surface area (Å²) < 4.78 is 32.4. The number of rotatable bonds is 6. The lowest BCUT2D eigenvalue weighted by Crippen LogP contribution is -2.46. The highest BCUT2D eigenvalue weighted by Crippen LogP contribution is 2.28. The number of methoxy groups -OCH3 is 1. The number of sulfonamides is 1. The molecule has 1 aliphatic carbocycles. The van der Waals surface area contributed by atoms with Crippen molar-refractivity contribution in [1.29, 1.82) is 0 Å². The van der Waals surface area contributed by atoms with Crippen LogP contribution in [0, 0.1) is 6.92 Å². The van der Waals surface area contributed by atoms with Crippen molar-refractivity contribution in [1.82, 2.24) is 4.90 Å². The zero-order valence-electron chi connectivity index (χ0n) is 18.4. The second-order valence-corrected chi connectivity index (χ2v) is 9.95. The van der Waals surface area contributed by atoms with Crippen molar-refractivity contribution >= 4 is 21.6 Å². The maximum absolute atomic E-state index is 13.0. The number of carbonyl (C=O) groups is 1. The number of nitrogens with zero attached hydrogens (tertiary/aromatic N) is 2. The predicted octanol–water partition coefficient (Wildman–Crippen LogP) is 3.20. The number of aliphatic hydroxyl groups is 1. The van der Waals surface area contributed by atoms with E-state index in [0.29, 0.717) is 29.0 Å². The molecule has 8 heteroatoms. The van der Waals surface area contributed by atoms with Crippen LogP contribution >= 0.6 is 0 Å². The van der Waals surface area contributed by atoms with Gasteiger partial charge in [-0.3, -0.25) is 9.10 Å². The van der Waals surface area contributed by atoms with Crippen LogP contribution in [0.15, 0.2) is 47.4 Å². The third kappa shape index (κ3) is 4.70. The monoisotopic (exact) mass is 446 g/mol. The van der Waals surface area contributed by atoms with Gasteiger partial charge in [0.1, 0.15) is 5.75 Å². The standard InChI is InChI=1S/C23H30N2O5S/c1-16-15-17(23(27)24(2)21-7-5-6-8-22(21)26)9-14-20(16)25(3)31(28,29)19-12-10-18(30-4)11-13-19/h9-15,21-22,26H,5-8H2,1-4H3/t21-,22+/m1/s1. The lowest BCUT2D eigenvalue weighted by molar-refractivity contribution is 0.0268. The zero-order valence-corrected chi connectivity index (χ0v) is 19.2. The Bertz CT molecular complexity index is 1040. The Balaban J connectivity index is 1.83. The van der Waals surface area contributed by atoms with Crippen molar-refractivity contribution in [2.24, 2.45) is 0 Å². The topological polar surface area (TPSA) is 87.2 Å². The first kappa shape index (κ1) is 23.1. The summed E-state index contributed by atoms with van der Waals surface area (Å²) in [4.78, 5) is 14.7. The summed E-state index contributed by atoms with van der Waals surface area (Å²) in [5.41, 5.74) is 1.63. The van der Waals surface area contributed by atoms with Crippen LogP contribution in [0.5, 0.6) is 5.75 Å². The Kier molecular flexibility index (Phi) is 6.91. The maximum Gasteiger partial charge on any atom is 0.264 e. The van der Waals surface area contributed by atoms with Crippen molar-refractivity contribution in [2.75, 3.05) is 25.5 Å². The van der Waals surface area contributed by atoms with Crippen LogP contribution < -0.4 is 9.04 Å². The van der Waals surface area contributed by atoms with Crippen molar-refractivity contribution < 1.29 is 23.1 Å². The largest absolute Gasteiger partial charge is 0.497 e. The molecule has 0 aromatic heterocycles. The Labute approximate surface area is 184 Å². The van der Waals surface area contributed by atoms with Gasteiger partial charge < -0.3 is 14.7 Å². The SMILES string of the molecule is COc1ccc(S(=O)(=O)N(C)c2ccc(C(=O)N(C)[C@@H]3CCCC[C@@H]3O)cc2C)cc1. The maximum atomic E-state index is 13.0. The summed E-state index contributed by atoms with van der Waals surface area (Å²) in [6.45, 7) is 1.78. The van der Waals surface area contributed by atoms with E-state index in [1.54, 1.807) is 49.2 Å². The minimum Gasteiger partial charge on any atom is -0.497 e. The van der Waals surface area contributed by atoms with Gasteiger partial charge in [0.2, 0.25) is 0 Å². The van der Waals surface area contributed by atoms with Crippen LogP contribution in [0.2, 0.25) is 0 Å². The first-order valence-corrected chi connectivity index (χ1v) is 11.8. The van der Waals surface area contributed by atoms with Crippen LogP contribution in [0.25, 0.3) is 0 Å². The van der Waals surface area contributed by atoms with E-state index in [1.165, 1.54) is 30.6 Å². The summed E-state index contributed by atoms with van der Waals surface area (Å²) in [6, 6.07) is 11.0. The Hall–Kier alpha value is -2.58. The van der Waals surface area contributed by atoms with Gasteiger partial charge in [0, 0.05) is 19.7 Å². The van der Waals surface area contributed by atoms with Gasteiger partial charge in [-0.1, -0.05) is 12.8 Å². The van der Waals surface area contributed by atoms with E-state index in [4.69, 9.17) is 4.74 Å². The van der Waals surface area contributed by atoms with E-state index in [-0.39, 0.29) is 16.8 Å². The lowest BCUT2D eigenvalue weighted by atomic mass is 9.91. The molecule has 1 N–H and O–H groups in total. The molecule has 0 aliphatic heterocycles. The molecule has 3 rings (SSSR count). The normalized spacial score (nSPS) is 19.0. The van der Waals surface area contributed by atoms with Crippen molar-refractivity contribution in [3.63, 3.8) is 0 Å². The average molecular weight is 447 g/mol. The van der Waals surface area contributed by atoms with E-state index < -0.39 is 16.1 Å². The molecule has 0 unspecified atom stereocenters. The van der Waals surface area contributed by atoms with Gasteiger partial charge in [0.25, 0.3) is 15.9 Å². The van der Waals surface area contributed by atoms with Crippen molar-refractivity contribution in [2.45, 2.75) is 49.6 Å². The Morgan fingerprint density at radius 2 is 1.71 bits per heavy atom. The fraction of sp³-hybridized carbons (Fsp3) is 0.435. The third-order valence-electron chi connectivity index (χ3n) is 6.01. The summed E-state index contributed by atoms with van der Waals surface area (Å²) in [6.07, 6.45) is 2.94. The summed E-state index contributed by atoms with van der Waals surface area (Å²) in [5, 5.41) is 10.3. The summed E-state index contributed by atoms with van der Waals surface area (Å²) in [5.74, 6) is 0.397. The molecule has 7 nitrogen and oxygen atoms in total. The third-order valence-corrected chi connectivity index (χ3v) is 7.80. The number of ether oxygens (including phenoxy) is 1. The number of carbonyl (C=O) groups excluding carboxylic acids is 1. The molecule has 0 spiro atoms. The number of anilines is 1. The molecule has 0 saturated heterocycles. The Morgan fingerprint density at radius 3 is 2.29 bits per heavy atom. The van der Waals surface area contributed by atoms with E-state index in [1.807, 2.05) is 0 Å². The summed E-state index contributed by atoms with van der Waals surface area (Å²) >= 11 is 0. The van der Waals surface area contributed by atoms with E-state index in [2.05, 4.69) is 0 Å². The first-order chi connectivity index (χ1) is 14.7. The molecule has 0 bridgehead atoms. The van der Waals surface area contributed by atoms with Gasteiger partial charge in [0.05, 0.1) is 29.8 Å². The lowest BCUT2D eigenvalue weighted by Gasteiger charge is -2.35. The van der Waals surface area contributed by atoms with Gasteiger partial charge in [-0.15, -0.1) is 0 Å². The van der Waals surface area contributed by atoms with Crippen LogP contribution in [0.1, 0.15) is 41.6 Å². The highest BCUT2D eigenvalue weighted by atomic mass is 32.2. The highest BCUT2D eigenvalue weighted by molar-refractivity contribution is 7.92. The number of aliphatic hydroxyl groups excluding tert-OH is 1. The van der Waals surface area contributed by atoms with E-state index >= 15 is 0 Å². The summed E-state index contributed by atoms with van der Waals surface area (Å²) in [7, 11) is 0.965. The molecular weight excluding hydrogens is 416 g/mol. The molecule has 2 aromatic rings. The van der Waals surface area contributed by atoms with Gasteiger partial charge in [-0.2, -0.15) is 0 Å². The van der Waals surface area contributed by atoms with Crippen LogP contribution in [0.4, 0.5) is 5.69 Å². The molecule has 2 atom stereocenters. The minimum absolute atomic E-state index is 0.154. The average Bonchev–Trinajstić information content (AvgIpc) is 2.78. The van der Waals surface area contributed by atoms with Gasteiger partial charge in [-0.25, -0.2) is 8.42 Å². The molecule has 31 heavy (non-hydrogen) atoms. The molecule has 1 fully saturated rings. The zero-order chi connectivity index (χ0) is 22.8. The van der Waals surface area contributed by atoms with Crippen molar-refractivity contribution in [3.8, 4) is 5.75 Å². The molecule has 1 saturated carbocycles. The molecule has 2 aromatic carbocycles.